The monoisotopic (exact) mass is 351 g/mol. The standard InChI is InChI=1S/C20H37N3O2/c1-2-3-4-5-6-7-8-9-10-11-12-13-14-15-16-21-18-17-19(24)23-20(25)22-18/h17H,2-16H2,1H3,(H3,21,22,23,24,25). The molecule has 0 aliphatic carbocycles. The maximum atomic E-state index is 11.2. The van der Waals surface area contributed by atoms with E-state index in [9.17, 15) is 9.59 Å². The minimum atomic E-state index is -0.462. The molecule has 0 aromatic carbocycles. The van der Waals surface area contributed by atoms with E-state index in [2.05, 4.69) is 22.2 Å². The highest BCUT2D eigenvalue weighted by Crippen LogP contribution is 2.12. The number of hydrogen-bond acceptors (Lipinski definition) is 3. The smallest absolute Gasteiger partial charge is 0.327 e. The van der Waals surface area contributed by atoms with Gasteiger partial charge in [-0.25, -0.2) is 4.79 Å². The van der Waals surface area contributed by atoms with E-state index in [0.717, 1.165) is 13.0 Å². The summed E-state index contributed by atoms with van der Waals surface area (Å²) in [7, 11) is 0. The van der Waals surface area contributed by atoms with Gasteiger partial charge in [0.05, 0.1) is 0 Å². The van der Waals surface area contributed by atoms with Crippen LogP contribution in [0.25, 0.3) is 0 Å². The molecule has 0 fully saturated rings. The zero-order chi connectivity index (χ0) is 18.2. The Kier molecular flexibility index (Phi) is 12.7. The molecule has 5 nitrogen and oxygen atoms in total. The Balaban J connectivity index is 1.83. The Morgan fingerprint density at radius 2 is 1.20 bits per heavy atom. The van der Waals surface area contributed by atoms with Gasteiger partial charge in [-0.2, -0.15) is 0 Å². The van der Waals surface area contributed by atoms with Crippen molar-refractivity contribution >= 4 is 5.82 Å². The number of aromatic nitrogens is 2. The summed E-state index contributed by atoms with van der Waals surface area (Å²) in [6.45, 7) is 3.06. The third-order valence-electron chi connectivity index (χ3n) is 4.61. The summed E-state index contributed by atoms with van der Waals surface area (Å²) in [4.78, 5) is 27.0. The summed E-state index contributed by atoms with van der Waals surface area (Å²) >= 11 is 0. The minimum absolute atomic E-state index is 0.368. The Hall–Kier alpha value is -1.52. The van der Waals surface area contributed by atoms with Crippen molar-refractivity contribution in [1.82, 2.24) is 9.97 Å². The number of aromatic amines is 2. The van der Waals surface area contributed by atoms with Crippen molar-refractivity contribution in [3.8, 4) is 0 Å². The summed E-state index contributed by atoms with van der Waals surface area (Å²) in [6, 6.07) is 1.38. The van der Waals surface area contributed by atoms with Crippen LogP contribution in [0.4, 0.5) is 5.82 Å². The van der Waals surface area contributed by atoms with E-state index in [4.69, 9.17) is 0 Å². The first kappa shape index (κ1) is 21.5. The molecule has 25 heavy (non-hydrogen) atoms. The molecule has 1 rings (SSSR count). The number of nitrogens with one attached hydrogen (secondary N) is 3. The van der Waals surface area contributed by atoms with Gasteiger partial charge < -0.3 is 5.32 Å². The van der Waals surface area contributed by atoms with Crippen molar-refractivity contribution in [3.05, 3.63) is 26.9 Å². The highest BCUT2D eigenvalue weighted by molar-refractivity contribution is 5.31. The van der Waals surface area contributed by atoms with E-state index in [-0.39, 0.29) is 5.56 Å². The lowest BCUT2D eigenvalue weighted by atomic mass is 10.0. The van der Waals surface area contributed by atoms with Crippen LogP contribution in [-0.4, -0.2) is 16.5 Å². The van der Waals surface area contributed by atoms with Crippen molar-refractivity contribution in [1.29, 1.82) is 0 Å². The van der Waals surface area contributed by atoms with Crippen molar-refractivity contribution in [3.63, 3.8) is 0 Å². The van der Waals surface area contributed by atoms with Crippen LogP contribution in [0.1, 0.15) is 96.8 Å². The maximum Gasteiger partial charge on any atom is 0.327 e. The van der Waals surface area contributed by atoms with Crippen LogP contribution in [0.15, 0.2) is 15.7 Å². The predicted octanol–water partition coefficient (Wildman–Crippen LogP) is 4.96. The maximum absolute atomic E-state index is 11.2. The van der Waals surface area contributed by atoms with E-state index >= 15 is 0 Å². The average Bonchev–Trinajstić information content (AvgIpc) is 2.57. The summed E-state index contributed by atoms with van der Waals surface area (Å²) in [5.74, 6) is 0.503. The molecule has 0 spiro atoms. The molecule has 1 aromatic rings. The van der Waals surface area contributed by atoms with Gasteiger partial charge in [-0.15, -0.1) is 0 Å². The fourth-order valence-electron chi connectivity index (χ4n) is 3.11. The lowest BCUT2D eigenvalue weighted by Crippen LogP contribution is -2.23. The fourth-order valence-corrected chi connectivity index (χ4v) is 3.11. The lowest BCUT2D eigenvalue weighted by molar-refractivity contribution is 0.537. The van der Waals surface area contributed by atoms with Gasteiger partial charge in [-0.3, -0.25) is 14.8 Å². The van der Waals surface area contributed by atoms with Gasteiger partial charge in [0, 0.05) is 12.6 Å². The molecule has 0 bridgehead atoms. The molecule has 144 valence electrons. The number of rotatable bonds is 16. The summed E-state index contributed by atoms with van der Waals surface area (Å²) in [6.07, 6.45) is 18.8. The summed E-state index contributed by atoms with van der Waals surface area (Å²) in [5, 5.41) is 3.09. The van der Waals surface area contributed by atoms with Crippen LogP contribution in [0.3, 0.4) is 0 Å². The number of anilines is 1. The summed E-state index contributed by atoms with van der Waals surface area (Å²) in [5.41, 5.74) is -0.830. The molecule has 0 atom stereocenters. The molecular formula is C20H37N3O2. The van der Waals surface area contributed by atoms with Crippen LogP contribution in [-0.2, 0) is 0 Å². The quantitative estimate of drug-likeness (QED) is 0.368. The van der Waals surface area contributed by atoms with E-state index in [1.165, 1.54) is 89.5 Å². The van der Waals surface area contributed by atoms with Gasteiger partial charge in [0.15, 0.2) is 0 Å². The van der Waals surface area contributed by atoms with Crippen LogP contribution in [0.5, 0.6) is 0 Å². The van der Waals surface area contributed by atoms with Gasteiger partial charge in [0.25, 0.3) is 5.56 Å². The minimum Gasteiger partial charge on any atom is -0.371 e. The Morgan fingerprint density at radius 1 is 0.720 bits per heavy atom. The van der Waals surface area contributed by atoms with Gasteiger partial charge in [-0.1, -0.05) is 90.4 Å². The van der Waals surface area contributed by atoms with E-state index in [1.807, 2.05) is 0 Å². The molecule has 0 aliphatic rings. The number of unbranched alkanes of at least 4 members (excludes halogenated alkanes) is 13. The predicted molar refractivity (Wildman–Crippen MR) is 106 cm³/mol. The van der Waals surface area contributed by atoms with Gasteiger partial charge in [0.2, 0.25) is 0 Å². The third-order valence-corrected chi connectivity index (χ3v) is 4.61. The van der Waals surface area contributed by atoms with E-state index in [1.54, 1.807) is 0 Å². The molecule has 3 N–H and O–H groups in total. The highest BCUT2D eigenvalue weighted by atomic mass is 16.2. The summed E-state index contributed by atoms with van der Waals surface area (Å²) < 4.78 is 0. The molecule has 0 saturated heterocycles. The topological polar surface area (TPSA) is 77.8 Å². The van der Waals surface area contributed by atoms with Crippen molar-refractivity contribution in [2.45, 2.75) is 96.8 Å². The molecule has 0 unspecified atom stereocenters. The first-order valence-corrected chi connectivity index (χ1v) is 10.3. The first-order chi connectivity index (χ1) is 12.2. The molecule has 0 radical (unpaired) electrons. The normalized spacial score (nSPS) is 10.9. The number of H-pyrrole nitrogens is 2. The Labute approximate surface area is 152 Å². The van der Waals surface area contributed by atoms with Crippen LogP contribution >= 0.6 is 0 Å². The zero-order valence-corrected chi connectivity index (χ0v) is 16.0. The van der Waals surface area contributed by atoms with E-state index < -0.39 is 5.69 Å². The SMILES string of the molecule is CCCCCCCCCCCCCCCCNc1cc(=O)[nH]c(=O)[nH]1. The second-order valence-electron chi connectivity index (χ2n) is 7.02. The largest absolute Gasteiger partial charge is 0.371 e. The van der Waals surface area contributed by atoms with Crippen LogP contribution < -0.4 is 16.6 Å². The second-order valence-corrected chi connectivity index (χ2v) is 7.02. The van der Waals surface area contributed by atoms with Crippen molar-refractivity contribution < 1.29 is 0 Å². The molecule has 0 saturated carbocycles. The Bertz CT molecular complexity index is 508. The second kappa shape index (κ2) is 14.8. The average molecular weight is 352 g/mol. The van der Waals surface area contributed by atoms with Gasteiger partial charge in [0.1, 0.15) is 5.82 Å². The van der Waals surface area contributed by atoms with Gasteiger partial charge >= 0.3 is 5.69 Å². The molecular weight excluding hydrogens is 314 g/mol. The van der Waals surface area contributed by atoms with E-state index in [0.29, 0.717) is 5.82 Å². The molecule has 0 aliphatic heterocycles. The Morgan fingerprint density at radius 3 is 1.68 bits per heavy atom. The first-order valence-electron chi connectivity index (χ1n) is 10.3. The van der Waals surface area contributed by atoms with Crippen molar-refractivity contribution in [2.24, 2.45) is 0 Å². The molecule has 5 heteroatoms. The number of hydrogen-bond donors (Lipinski definition) is 3. The molecule has 1 heterocycles. The fraction of sp³-hybridized carbons (Fsp3) is 0.800. The highest BCUT2D eigenvalue weighted by Gasteiger charge is 1.96. The lowest BCUT2D eigenvalue weighted by Gasteiger charge is -2.05. The van der Waals surface area contributed by atoms with Crippen molar-refractivity contribution in [2.75, 3.05) is 11.9 Å². The van der Waals surface area contributed by atoms with Crippen LogP contribution in [0, 0.1) is 0 Å². The van der Waals surface area contributed by atoms with Crippen LogP contribution in [0.2, 0.25) is 0 Å². The third kappa shape index (κ3) is 12.5. The van der Waals surface area contributed by atoms with Gasteiger partial charge in [-0.05, 0) is 6.42 Å². The molecule has 0 amide bonds. The zero-order valence-electron chi connectivity index (χ0n) is 16.0. The molecule has 1 aromatic heterocycles.